The van der Waals surface area contributed by atoms with Crippen LogP contribution in [0.5, 0.6) is 5.75 Å². The summed E-state index contributed by atoms with van der Waals surface area (Å²) in [4.78, 5) is 20.8. The molecule has 31 heavy (non-hydrogen) atoms. The molecule has 0 unspecified atom stereocenters. The maximum Gasteiger partial charge on any atom is 0.267 e. The molecule has 0 fully saturated rings. The lowest BCUT2D eigenvalue weighted by atomic mass is 10.1. The number of nitrogens with one attached hydrogen (secondary N) is 2. The number of hydrogen-bond donors (Lipinski definition) is 2. The highest BCUT2D eigenvalue weighted by molar-refractivity contribution is 6.32. The summed E-state index contributed by atoms with van der Waals surface area (Å²) in [5.41, 5.74) is 3.08. The molecule has 0 aliphatic rings. The molecular weight excluding hydrogens is 433 g/mol. The third-order valence-electron chi connectivity index (χ3n) is 4.89. The van der Waals surface area contributed by atoms with E-state index in [1.807, 2.05) is 43.3 Å². The summed E-state index contributed by atoms with van der Waals surface area (Å²) in [6.45, 7) is 5.38. The number of anilines is 1. The topological polar surface area (TPSA) is 67.0 Å². The number of aromatic amines is 1. The average molecular weight is 454 g/mol. The van der Waals surface area contributed by atoms with Crippen molar-refractivity contribution in [1.82, 2.24) is 9.97 Å². The highest BCUT2D eigenvalue weighted by Gasteiger charge is 2.30. The smallest absolute Gasteiger partial charge is 0.267 e. The molecule has 4 rings (SSSR count). The van der Waals surface area contributed by atoms with Gasteiger partial charge >= 0.3 is 0 Å². The Bertz CT molecular complexity index is 1220. The zero-order valence-corrected chi connectivity index (χ0v) is 18.8. The maximum absolute atomic E-state index is 12.9. The Morgan fingerprint density at radius 1 is 1.06 bits per heavy atom. The zero-order chi connectivity index (χ0) is 22.2. The van der Waals surface area contributed by atoms with Gasteiger partial charge in [-0.2, -0.15) is 0 Å². The number of hydrogen-bond acceptors (Lipinski definition) is 3. The fourth-order valence-corrected chi connectivity index (χ4v) is 3.43. The number of amides is 1. The molecule has 158 valence electrons. The van der Waals surface area contributed by atoms with Gasteiger partial charge in [0.25, 0.3) is 5.91 Å². The summed E-state index contributed by atoms with van der Waals surface area (Å²) in [7, 11) is 0. The predicted molar refractivity (Wildman–Crippen MR) is 126 cm³/mol. The van der Waals surface area contributed by atoms with Gasteiger partial charge < -0.3 is 15.0 Å². The van der Waals surface area contributed by atoms with Gasteiger partial charge in [0.15, 0.2) is 5.60 Å². The molecule has 4 aromatic rings. The van der Waals surface area contributed by atoms with Gasteiger partial charge in [0.2, 0.25) is 0 Å². The number of rotatable bonds is 5. The van der Waals surface area contributed by atoms with E-state index < -0.39 is 5.60 Å². The summed E-state index contributed by atoms with van der Waals surface area (Å²) in [6.07, 6.45) is 0. The number of H-pyrrole nitrogens is 1. The SMILES string of the molecule is Cc1cc2[nH]c(-c3cccc(NC(=O)C(C)(C)Oc4ccc(Cl)cc4)c3)nc2cc1Cl. The van der Waals surface area contributed by atoms with Crippen LogP contribution in [-0.4, -0.2) is 21.5 Å². The molecule has 0 aliphatic carbocycles. The first-order valence-corrected chi connectivity index (χ1v) is 10.5. The van der Waals surface area contributed by atoms with Crippen LogP contribution in [0.4, 0.5) is 5.69 Å². The largest absolute Gasteiger partial charge is 0.478 e. The third kappa shape index (κ3) is 4.68. The van der Waals surface area contributed by atoms with Crippen molar-refractivity contribution in [2.24, 2.45) is 0 Å². The number of carbonyl (C=O) groups excluding carboxylic acids is 1. The summed E-state index contributed by atoms with van der Waals surface area (Å²) < 4.78 is 5.87. The molecule has 2 N–H and O–H groups in total. The van der Waals surface area contributed by atoms with Crippen molar-refractivity contribution in [3.8, 4) is 17.1 Å². The van der Waals surface area contributed by atoms with Crippen molar-refractivity contribution < 1.29 is 9.53 Å². The van der Waals surface area contributed by atoms with Crippen molar-refractivity contribution >= 4 is 45.8 Å². The minimum atomic E-state index is -1.09. The van der Waals surface area contributed by atoms with E-state index in [2.05, 4.69) is 15.3 Å². The molecule has 1 heterocycles. The van der Waals surface area contributed by atoms with Gasteiger partial charge in [0, 0.05) is 21.3 Å². The lowest BCUT2D eigenvalue weighted by Crippen LogP contribution is -2.42. The average Bonchev–Trinajstić information content (AvgIpc) is 3.13. The number of imidazole rings is 1. The highest BCUT2D eigenvalue weighted by Crippen LogP contribution is 2.27. The first-order valence-electron chi connectivity index (χ1n) is 9.73. The number of carbonyl (C=O) groups is 1. The monoisotopic (exact) mass is 453 g/mol. The highest BCUT2D eigenvalue weighted by atomic mass is 35.5. The van der Waals surface area contributed by atoms with Crippen LogP contribution in [0.3, 0.4) is 0 Å². The van der Waals surface area contributed by atoms with Crippen molar-refractivity contribution in [3.05, 3.63) is 76.3 Å². The van der Waals surface area contributed by atoms with Crippen LogP contribution in [-0.2, 0) is 4.79 Å². The molecule has 0 saturated carbocycles. The molecule has 5 nitrogen and oxygen atoms in total. The fraction of sp³-hybridized carbons (Fsp3) is 0.167. The molecule has 1 aromatic heterocycles. The van der Waals surface area contributed by atoms with Gasteiger partial charge in [-0.05, 0) is 74.9 Å². The van der Waals surface area contributed by atoms with Crippen LogP contribution < -0.4 is 10.1 Å². The Hall–Kier alpha value is -3.02. The lowest BCUT2D eigenvalue weighted by molar-refractivity contribution is -0.128. The molecule has 1 amide bonds. The second kappa shape index (κ2) is 8.25. The van der Waals surface area contributed by atoms with Crippen LogP contribution in [0.2, 0.25) is 10.0 Å². The zero-order valence-electron chi connectivity index (χ0n) is 17.3. The van der Waals surface area contributed by atoms with E-state index in [9.17, 15) is 4.79 Å². The number of aromatic nitrogens is 2. The second-order valence-electron chi connectivity index (χ2n) is 7.81. The third-order valence-corrected chi connectivity index (χ3v) is 5.55. The molecule has 0 spiro atoms. The van der Waals surface area contributed by atoms with Crippen molar-refractivity contribution in [1.29, 1.82) is 0 Å². The normalized spacial score (nSPS) is 11.5. The van der Waals surface area contributed by atoms with Gasteiger partial charge in [-0.1, -0.05) is 35.3 Å². The molecule has 0 atom stereocenters. The van der Waals surface area contributed by atoms with Gasteiger partial charge in [0.05, 0.1) is 11.0 Å². The van der Waals surface area contributed by atoms with Gasteiger partial charge in [-0.15, -0.1) is 0 Å². The standard InChI is InChI=1S/C24H21Cl2N3O2/c1-14-11-20-21(13-19(14)26)29-22(28-20)15-5-4-6-17(12-15)27-23(30)24(2,3)31-18-9-7-16(25)8-10-18/h4-13H,1-3H3,(H,27,30)(H,28,29). The molecule has 3 aromatic carbocycles. The van der Waals surface area contributed by atoms with Crippen molar-refractivity contribution in [2.45, 2.75) is 26.4 Å². The minimum absolute atomic E-state index is 0.272. The van der Waals surface area contributed by atoms with E-state index in [-0.39, 0.29) is 5.91 Å². The molecule has 0 saturated heterocycles. The quantitative estimate of drug-likeness (QED) is 0.355. The first-order chi connectivity index (χ1) is 14.7. The Balaban J connectivity index is 1.54. The van der Waals surface area contributed by atoms with Crippen LogP contribution >= 0.6 is 23.2 Å². The van der Waals surface area contributed by atoms with Crippen LogP contribution in [0.1, 0.15) is 19.4 Å². The molecule has 0 radical (unpaired) electrons. The van der Waals surface area contributed by atoms with Crippen LogP contribution in [0.15, 0.2) is 60.7 Å². The number of benzene rings is 3. The number of nitrogens with zero attached hydrogens (tertiary/aromatic N) is 1. The summed E-state index contributed by atoms with van der Waals surface area (Å²) in [6, 6.07) is 18.2. The Morgan fingerprint density at radius 2 is 1.81 bits per heavy atom. The number of ether oxygens (including phenoxy) is 1. The molecule has 0 bridgehead atoms. The molecular formula is C24H21Cl2N3O2. The van der Waals surface area contributed by atoms with E-state index in [4.69, 9.17) is 27.9 Å². The van der Waals surface area contributed by atoms with E-state index >= 15 is 0 Å². The van der Waals surface area contributed by atoms with Crippen LogP contribution in [0, 0.1) is 6.92 Å². The van der Waals surface area contributed by atoms with Crippen LogP contribution in [0.25, 0.3) is 22.4 Å². The number of aryl methyl sites for hydroxylation is 1. The lowest BCUT2D eigenvalue weighted by Gasteiger charge is -2.25. The van der Waals surface area contributed by atoms with Gasteiger partial charge in [-0.3, -0.25) is 4.79 Å². The van der Waals surface area contributed by atoms with E-state index in [1.54, 1.807) is 38.1 Å². The summed E-state index contributed by atoms with van der Waals surface area (Å²) in [5.74, 6) is 0.991. The Labute approximate surface area is 190 Å². The molecule has 0 aliphatic heterocycles. The van der Waals surface area contributed by atoms with E-state index in [0.29, 0.717) is 27.3 Å². The van der Waals surface area contributed by atoms with E-state index in [1.165, 1.54) is 0 Å². The van der Waals surface area contributed by atoms with Crippen molar-refractivity contribution in [3.63, 3.8) is 0 Å². The second-order valence-corrected chi connectivity index (χ2v) is 8.65. The fourth-order valence-electron chi connectivity index (χ4n) is 3.15. The van der Waals surface area contributed by atoms with Crippen molar-refractivity contribution in [2.75, 3.05) is 5.32 Å². The molecule has 7 heteroatoms. The maximum atomic E-state index is 12.9. The number of fused-ring (bicyclic) bond motifs is 1. The number of halogens is 2. The summed E-state index contributed by atoms with van der Waals surface area (Å²) in [5, 5.41) is 4.20. The van der Waals surface area contributed by atoms with Gasteiger partial charge in [0.1, 0.15) is 11.6 Å². The van der Waals surface area contributed by atoms with Gasteiger partial charge in [-0.25, -0.2) is 4.98 Å². The Kier molecular flexibility index (Phi) is 5.65. The summed E-state index contributed by atoms with van der Waals surface area (Å²) >= 11 is 12.1. The van der Waals surface area contributed by atoms with E-state index in [0.717, 1.165) is 22.2 Å². The first kappa shape index (κ1) is 21.2. The minimum Gasteiger partial charge on any atom is -0.478 e. The predicted octanol–water partition coefficient (Wildman–Crippen LogP) is 6.64. The Morgan fingerprint density at radius 3 is 2.55 bits per heavy atom.